The van der Waals surface area contributed by atoms with Crippen molar-refractivity contribution < 1.29 is 0 Å². The summed E-state index contributed by atoms with van der Waals surface area (Å²) in [4.78, 5) is 11.3. The Hall–Kier alpha value is -2.19. The SMILES string of the molecule is CCc1c(C)sc2nc(-c3ccccn3)c(CC#N)n12. The molecule has 0 aromatic carbocycles. The molecule has 3 aromatic rings. The first-order valence-corrected chi connectivity index (χ1v) is 7.35. The maximum Gasteiger partial charge on any atom is 0.195 e. The van der Waals surface area contributed by atoms with E-state index in [1.807, 2.05) is 18.2 Å². The van der Waals surface area contributed by atoms with Crippen LogP contribution in [0.1, 0.15) is 23.2 Å². The highest BCUT2D eigenvalue weighted by atomic mass is 32.1. The van der Waals surface area contributed by atoms with E-state index < -0.39 is 0 Å². The van der Waals surface area contributed by atoms with Gasteiger partial charge in [0, 0.05) is 16.8 Å². The van der Waals surface area contributed by atoms with Crippen LogP contribution in [0.5, 0.6) is 0 Å². The van der Waals surface area contributed by atoms with Crippen LogP contribution in [0.3, 0.4) is 0 Å². The number of pyridine rings is 1. The van der Waals surface area contributed by atoms with Crippen LogP contribution in [-0.4, -0.2) is 14.4 Å². The molecule has 0 bridgehead atoms. The lowest BCUT2D eigenvalue weighted by Crippen LogP contribution is -1.98. The third-order valence-corrected chi connectivity index (χ3v) is 4.35. The highest BCUT2D eigenvalue weighted by Gasteiger charge is 2.19. The first-order chi connectivity index (χ1) is 9.76. The van der Waals surface area contributed by atoms with E-state index in [1.54, 1.807) is 17.5 Å². The molecule has 0 saturated carbocycles. The number of thiazole rings is 1. The zero-order chi connectivity index (χ0) is 14.1. The highest BCUT2D eigenvalue weighted by molar-refractivity contribution is 7.17. The van der Waals surface area contributed by atoms with E-state index in [0.29, 0.717) is 6.42 Å². The lowest BCUT2D eigenvalue weighted by atomic mass is 10.2. The summed E-state index contributed by atoms with van der Waals surface area (Å²) in [5, 5.41) is 9.13. The fourth-order valence-corrected chi connectivity index (χ4v) is 3.56. The van der Waals surface area contributed by atoms with Crippen LogP contribution >= 0.6 is 11.3 Å². The standard InChI is InChI=1S/C15H14N4S/c1-3-12-10(2)20-15-18-14(11-6-4-5-9-17-11)13(7-8-16)19(12)15/h4-6,9H,3,7H2,1-2H3. The molecule has 4 nitrogen and oxygen atoms in total. The van der Waals surface area contributed by atoms with Crippen molar-refractivity contribution in [3.63, 3.8) is 0 Å². The first kappa shape index (κ1) is 12.8. The number of imidazole rings is 1. The number of fused-ring (bicyclic) bond motifs is 1. The quantitative estimate of drug-likeness (QED) is 0.740. The second kappa shape index (κ2) is 5.06. The van der Waals surface area contributed by atoms with E-state index in [4.69, 9.17) is 10.2 Å². The molecule has 0 aliphatic heterocycles. The molecule has 20 heavy (non-hydrogen) atoms. The second-order valence-electron chi connectivity index (χ2n) is 4.53. The van der Waals surface area contributed by atoms with Gasteiger partial charge in [-0.15, -0.1) is 11.3 Å². The van der Waals surface area contributed by atoms with Crippen molar-refractivity contribution in [2.45, 2.75) is 26.7 Å². The molecule has 0 aliphatic carbocycles. The zero-order valence-electron chi connectivity index (χ0n) is 11.4. The largest absolute Gasteiger partial charge is 0.290 e. The molecule has 0 atom stereocenters. The Bertz CT molecular complexity index is 793. The van der Waals surface area contributed by atoms with Gasteiger partial charge in [0.05, 0.1) is 23.9 Å². The molecule has 0 unspecified atom stereocenters. The summed E-state index contributed by atoms with van der Waals surface area (Å²) in [6.07, 6.45) is 3.03. The van der Waals surface area contributed by atoms with Gasteiger partial charge in [0.25, 0.3) is 0 Å². The van der Waals surface area contributed by atoms with Crippen LogP contribution in [0, 0.1) is 18.3 Å². The van der Waals surface area contributed by atoms with E-state index in [2.05, 4.69) is 29.3 Å². The van der Waals surface area contributed by atoms with Crippen molar-refractivity contribution in [3.05, 3.63) is 40.7 Å². The Morgan fingerprint density at radius 2 is 2.20 bits per heavy atom. The summed E-state index contributed by atoms with van der Waals surface area (Å²) >= 11 is 1.67. The minimum Gasteiger partial charge on any atom is -0.290 e. The maximum atomic E-state index is 9.13. The summed E-state index contributed by atoms with van der Waals surface area (Å²) in [5.41, 5.74) is 3.84. The minimum atomic E-state index is 0.343. The maximum absolute atomic E-state index is 9.13. The number of aromatic nitrogens is 3. The summed E-state index contributed by atoms with van der Waals surface area (Å²) in [5.74, 6) is 0. The van der Waals surface area contributed by atoms with Gasteiger partial charge < -0.3 is 0 Å². The van der Waals surface area contributed by atoms with Crippen LogP contribution < -0.4 is 0 Å². The van der Waals surface area contributed by atoms with E-state index in [0.717, 1.165) is 28.5 Å². The number of hydrogen-bond donors (Lipinski definition) is 0. The summed E-state index contributed by atoms with van der Waals surface area (Å²) < 4.78 is 2.13. The predicted molar refractivity (Wildman–Crippen MR) is 79.7 cm³/mol. The monoisotopic (exact) mass is 282 g/mol. The Morgan fingerprint density at radius 3 is 2.85 bits per heavy atom. The Kier molecular flexibility index (Phi) is 3.25. The van der Waals surface area contributed by atoms with Crippen LogP contribution in [0.15, 0.2) is 24.4 Å². The van der Waals surface area contributed by atoms with Crippen molar-refractivity contribution in [1.82, 2.24) is 14.4 Å². The van der Waals surface area contributed by atoms with Crippen LogP contribution in [0.25, 0.3) is 16.3 Å². The van der Waals surface area contributed by atoms with Gasteiger partial charge in [-0.2, -0.15) is 5.26 Å². The third kappa shape index (κ3) is 1.89. The molecule has 0 fully saturated rings. The molecule has 3 heterocycles. The second-order valence-corrected chi connectivity index (χ2v) is 5.72. The Labute approximate surface area is 121 Å². The number of nitriles is 1. The van der Waals surface area contributed by atoms with Gasteiger partial charge in [0.15, 0.2) is 4.96 Å². The van der Waals surface area contributed by atoms with Gasteiger partial charge in [0.2, 0.25) is 0 Å². The normalized spacial score (nSPS) is 10.8. The average molecular weight is 282 g/mol. The predicted octanol–water partition coefficient (Wildman–Crippen LogP) is 3.39. The van der Waals surface area contributed by atoms with Crippen molar-refractivity contribution >= 4 is 16.3 Å². The number of hydrogen-bond acceptors (Lipinski definition) is 4. The summed E-state index contributed by atoms with van der Waals surface area (Å²) in [7, 11) is 0. The average Bonchev–Trinajstić information content (AvgIpc) is 2.96. The third-order valence-electron chi connectivity index (χ3n) is 3.35. The molecule has 0 saturated heterocycles. The number of aryl methyl sites for hydroxylation is 2. The lowest BCUT2D eigenvalue weighted by molar-refractivity contribution is 0.941. The fraction of sp³-hybridized carbons (Fsp3) is 0.267. The van der Waals surface area contributed by atoms with Gasteiger partial charge in [-0.3, -0.25) is 9.38 Å². The van der Waals surface area contributed by atoms with Crippen molar-refractivity contribution in [2.75, 3.05) is 0 Å². The summed E-state index contributed by atoms with van der Waals surface area (Å²) in [6, 6.07) is 8.01. The first-order valence-electron chi connectivity index (χ1n) is 6.54. The van der Waals surface area contributed by atoms with E-state index >= 15 is 0 Å². The molecule has 0 spiro atoms. The van der Waals surface area contributed by atoms with Crippen LogP contribution in [0.2, 0.25) is 0 Å². The van der Waals surface area contributed by atoms with Crippen molar-refractivity contribution in [3.8, 4) is 17.5 Å². The van der Waals surface area contributed by atoms with Gasteiger partial charge in [0.1, 0.15) is 5.69 Å². The molecule has 3 aromatic heterocycles. The number of nitrogens with zero attached hydrogens (tertiary/aromatic N) is 4. The van der Waals surface area contributed by atoms with Gasteiger partial charge in [-0.1, -0.05) is 13.0 Å². The Morgan fingerprint density at radius 1 is 1.35 bits per heavy atom. The smallest absolute Gasteiger partial charge is 0.195 e. The topological polar surface area (TPSA) is 54.0 Å². The lowest BCUT2D eigenvalue weighted by Gasteiger charge is -2.03. The highest BCUT2D eigenvalue weighted by Crippen LogP contribution is 2.30. The van der Waals surface area contributed by atoms with Gasteiger partial charge in [-0.25, -0.2) is 4.98 Å². The minimum absolute atomic E-state index is 0.343. The molecule has 0 radical (unpaired) electrons. The molecule has 0 amide bonds. The molecule has 5 heteroatoms. The van der Waals surface area contributed by atoms with Crippen molar-refractivity contribution in [1.29, 1.82) is 5.26 Å². The molecular weight excluding hydrogens is 268 g/mol. The van der Waals surface area contributed by atoms with E-state index in [9.17, 15) is 0 Å². The van der Waals surface area contributed by atoms with Crippen LogP contribution in [0.4, 0.5) is 0 Å². The zero-order valence-corrected chi connectivity index (χ0v) is 12.2. The number of rotatable bonds is 3. The summed E-state index contributed by atoms with van der Waals surface area (Å²) in [6.45, 7) is 4.24. The van der Waals surface area contributed by atoms with Gasteiger partial charge >= 0.3 is 0 Å². The molecule has 3 rings (SSSR count). The Balaban J connectivity index is 2.31. The van der Waals surface area contributed by atoms with Gasteiger partial charge in [-0.05, 0) is 25.5 Å². The van der Waals surface area contributed by atoms with Crippen molar-refractivity contribution in [2.24, 2.45) is 0 Å². The van der Waals surface area contributed by atoms with Crippen LogP contribution in [-0.2, 0) is 12.8 Å². The van der Waals surface area contributed by atoms with E-state index in [1.165, 1.54) is 10.6 Å². The molecule has 0 N–H and O–H groups in total. The fourth-order valence-electron chi connectivity index (χ4n) is 2.48. The molecule has 100 valence electrons. The molecular formula is C15H14N4S. The van der Waals surface area contributed by atoms with E-state index in [-0.39, 0.29) is 0 Å². The molecule has 0 aliphatic rings.